The third kappa shape index (κ3) is 4.54. The standard InChI is InChI=1S/C12H18BrN3.ClH/c1-16(11-3-5-14-6-4-11)9-10-2-7-15-12(13)8-10;/h2,7-8,11,14H,3-6,9H2,1H3;1H. The van der Waals surface area contributed by atoms with Gasteiger partial charge in [0.25, 0.3) is 0 Å². The van der Waals surface area contributed by atoms with Crippen molar-refractivity contribution >= 4 is 28.3 Å². The second kappa shape index (κ2) is 7.31. The molecule has 0 aliphatic carbocycles. The number of piperidine rings is 1. The van der Waals surface area contributed by atoms with Crippen molar-refractivity contribution in [3.63, 3.8) is 0 Å². The lowest BCUT2D eigenvalue weighted by molar-refractivity contribution is 0.191. The van der Waals surface area contributed by atoms with E-state index in [1.165, 1.54) is 18.4 Å². The zero-order valence-corrected chi connectivity index (χ0v) is 12.4. The minimum atomic E-state index is 0. The number of halogens is 2. The summed E-state index contributed by atoms with van der Waals surface area (Å²) in [6, 6.07) is 4.90. The fraction of sp³-hybridized carbons (Fsp3) is 0.583. The van der Waals surface area contributed by atoms with Gasteiger partial charge in [-0.3, -0.25) is 4.90 Å². The van der Waals surface area contributed by atoms with Crippen molar-refractivity contribution < 1.29 is 0 Å². The van der Waals surface area contributed by atoms with Gasteiger partial charge in [-0.25, -0.2) is 4.98 Å². The maximum absolute atomic E-state index is 4.15. The molecule has 17 heavy (non-hydrogen) atoms. The molecule has 1 aromatic heterocycles. The molecule has 0 bridgehead atoms. The van der Waals surface area contributed by atoms with E-state index < -0.39 is 0 Å². The highest BCUT2D eigenvalue weighted by Crippen LogP contribution is 2.15. The van der Waals surface area contributed by atoms with Crippen LogP contribution in [-0.4, -0.2) is 36.1 Å². The summed E-state index contributed by atoms with van der Waals surface area (Å²) >= 11 is 3.41. The van der Waals surface area contributed by atoms with Gasteiger partial charge < -0.3 is 5.32 Å². The number of nitrogens with zero attached hydrogens (tertiary/aromatic N) is 2. The summed E-state index contributed by atoms with van der Waals surface area (Å²) in [7, 11) is 2.21. The van der Waals surface area contributed by atoms with Gasteiger partial charge in [0.1, 0.15) is 4.60 Å². The third-order valence-electron chi connectivity index (χ3n) is 3.15. The molecule has 3 nitrogen and oxygen atoms in total. The minimum absolute atomic E-state index is 0. The maximum Gasteiger partial charge on any atom is 0.106 e. The van der Waals surface area contributed by atoms with Gasteiger partial charge in [0.05, 0.1) is 0 Å². The summed E-state index contributed by atoms with van der Waals surface area (Å²) in [5, 5.41) is 3.40. The number of hydrogen-bond acceptors (Lipinski definition) is 3. The van der Waals surface area contributed by atoms with Crippen LogP contribution in [0.25, 0.3) is 0 Å². The Bertz CT molecular complexity index is 342. The van der Waals surface area contributed by atoms with Crippen molar-refractivity contribution in [3.05, 3.63) is 28.5 Å². The van der Waals surface area contributed by atoms with Crippen molar-refractivity contribution in [2.24, 2.45) is 0 Å². The Kier molecular flexibility index (Phi) is 6.41. The Labute approximate surface area is 118 Å². The van der Waals surface area contributed by atoms with Gasteiger partial charge in [0.2, 0.25) is 0 Å². The van der Waals surface area contributed by atoms with E-state index in [0.29, 0.717) is 6.04 Å². The van der Waals surface area contributed by atoms with Crippen LogP contribution in [0.3, 0.4) is 0 Å². The molecule has 2 heterocycles. The molecule has 0 saturated carbocycles. The molecule has 0 unspecified atom stereocenters. The zero-order valence-electron chi connectivity index (χ0n) is 10.0. The number of pyridine rings is 1. The van der Waals surface area contributed by atoms with Gasteiger partial charge in [0.15, 0.2) is 0 Å². The van der Waals surface area contributed by atoms with E-state index in [1.54, 1.807) is 0 Å². The topological polar surface area (TPSA) is 28.2 Å². The molecular weight excluding hydrogens is 302 g/mol. The van der Waals surface area contributed by atoms with Crippen LogP contribution >= 0.6 is 28.3 Å². The van der Waals surface area contributed by atoms with Crippen LogP contribution in [0, 0.1) is 0 Å². The average Bonchev–Trinajstić information content (AvgIpc) is 2.30. The minimum Gasteiger partial charge on any atom is -0.317 e. The van der Waals surface area contributed by atoms with Crippen LogP contribution in [0.5, 0.6) is 0 Å². The van der Waals surface area contributed by atoms with E-state index in [2.05, 4.69) is 50.3 Å². The first-order valence-electron chi connectivity index (χ1n) is 5.77. The second-order valence-corrected chi connectivity index (χ2v) is 5.20. The first-order valence-corrected chi connectivity index (χ1v) is 6.56. The highest BCUT2D eigenvalue weighted by Gasteiger charge is 2.17. The lowest BCUT2D eigenvalue weighted by Gasteiger charge is -2.31. The summed E-state index contributed by atoms with van der Waals surface area (Å²) in [6.07, 6.45) is 4.36. The van der Waals surface area contributed by atoms with Crippen LogP contribution in [0.2, 0.25) is 0 Å². The predicted molar refractivity (Wildman–Crippen MR) is 76.5 cm³/mol. The van der Waals surface area contributed by atoms with Gasteiger partial charge in [-0.2, -0.15) is 0 Å². The molecule has 1 fully saturated rings. The third-order valence-corrected chi connectivity index (χ3v) is 3.59. The van der Waals surface area contributed by atoms with Gasteiger partial charge in [-0.15, -0.1) is 12.4 Å². The normalized spacial score (nSPS) is 16.9. The van der Waals surface area contributed by atoms with E-state index in [9.17, 15) is 0 Å². The summed E-state index contributed by atoms with van der Waals surface area (Å²) in [5.74, 6) is 0. The number of aromatic nitrogens is 1. The zero-order chi connectivity index (χ0) is 11.4. The van der Waals surface area contributed by atoms with E-state index in [0.717, 1.165) is 24.2 Å². The predicted octanol–water partition coefficient (Wildman–Crippen LogP) is 2.45. The fourth-order valence-corrected chi connectivity index (χ4v) is 2.62. The molecule has 1 aromatic rings. The molecule has 0 radical (unpaired) electrons. The van der Waals surface area contributed by atoms with Crippen LogP contribution in [0.1, 0.15) is 18.4 Å². The Morgan fingerprint density at radius 2 is 2.18 bits per heavy atom. The average molecular weight is 321 g/mol. The van der Waals surface area contributed by atoms with Crippen molar-refractivity contribution in [2.45, 2.75) is 25.4 Å². The molecule has 2 rings (SSSR count). The second-order valence-electron chi connectivity index (χ2n) is 4.38. The van der Waals surface area contributed by atoms with Gasteiger partial charge in [-0.1, -0.05) is 0 Å². The van der Waals surface area contributed by atoms with E-state index in [1.807, 2.05) is 6.20 Å². The van der Waals surface area contributed by atoms with Crippen molar-refractivity contribution in [1.82, 2.24) is 15.2 Å². The van der Waals surface area contributed by atoms with Crippen LogP contribution in [0.15, 0.2) is 22.9 Å². The molecule has 1 N–H and O–H groups in total. The number of nitrogens with one attached hydrogen (secondary N) is 1. The quantitative estimate of drug-likeness (QED) is 0.867. The van der Waals surface area contributed by atoms with Crippen molar-refractivity contribution in [1.29, 1.82) is 0 Å². The fourth-order valence-electron chi connectivity index (χ4n) is 2.21. The van der Waals surface area contributed by atoms with Crippen LogP contribution < -0.4 is 5.32 Å². The maximum atomic E-state index is 4.15. The lowest BCUT2D eigenvalue weighted by Crippen LogP contribution is -2.40. The smallest absolute Gasteiger partial charge is 0.106 e. The monoisotopic (exact) mass is 319 g/mol. The molecule has 0 atom stereocenters. The molecule has 96 valence electrons. The van der Waals surface area contributed by atoms with Gasteiger partial charge in [0, 0.05) is 18.8 Å². The molecule has 0 amide bonds. The Morgan fingerprint density at radius 3 is 2.82 bits per heavy atom. The summed E-state index contributed by atoms with van der Waals surface area (Å²) < 4.78 is 0.920. The SMILES string of the molecule is CN(Cc1ccnc(Br)c1)C1CCNCC1.Cl. The first kappa shape index (κ1) is 14.9. The molecule has 1 aliphatic rings. The lowest BCUT2D eigenvalue weighted by atomic mass is 10.0. The Morgan fingerprint density at radius 1 is 1.47 bits per heavy atom. The highest BCUT2D eigenvalue weighted by atomic mass is 79.9. The molecule has 0 aromatic carbocycles. The molecule has 1 saturated heterocycles. The van der Waals surface area contributed by atoms with Gasteiger partial charge >= 0.3 is 0 Å². The van der Waals surface area contributed by atoms with Crippen LogP contribution in [-0.2, 0) is 6.54 Å². The molecular formula is C12H19BrClN3. The largest absolute Gasteiger partial charge is 0.317 e. The molecule has 0 spiro atoms. The van der Waals surface area contributed by atoms with Gasteiger partial charge in [-0.05, 0) is 66.6 Å². The molecule has 5 heteroatoms. The van der Waals surface area contributed by atoms with Crippen molar-refractivity contribution in [2.75, 3.05) is 20.1 Å². The number of hydrogen-bond donors (Lipinski definition) is 1. The van der Waals surface area contributed by atoms with E-state index >= 15 is 0 Å². The Hall–Kier alpha value is -0.160. The van der Waals surface area contributed by atoms with E-state index in [4.69, 9.17) is 0 Å². The summed E-state index contributed by atoms with van der Waals surface area (Å²) in [6.45, 7) is 3.30. The van der Waals surface area contributed by atoms with E-state index in [-0.39, 0.29) is 12.4 Å². The highest BCUT2D eigenvalue weighted by molar-refractivity contribution is 9.10. The summed E-state index contributed by atoms with van der Waals surface area (Å²) in [5.41, 5.74) is 1.32. The summed E-state index contributed by atoms with van der Waals surface area (Å²) in [4.78, 5) is 6.59. The number of rotatable bonds is 3. The van der Waals surface area contributed by atoms with Crippen LogP contribution in [0.4, 0.5) is 0 Å². The Balaban J connectivity index is 0.00000144. The first-order chi connectivity index (χ1) is 7.75. The molecule has 1 aliphatic heterocycles. The van der Waals surface area contributed by atoms with Crippen molar-refractivity contribution in [3.8, 4) is 0 Å².